The van der Waals surface area contributed by atoms with E-state index in [4.69, 9.17) is 16.3 Å². The predicted molar refractivity (Wildman–Crippen MR) is 124 cm³/mol. The lowest BCUT2D eigenvalue weighted by molar-refractivity contribution is 0.186. The lowest BCUT2D eigenvalue weighted by Gasteiger charge is -2.21. The topological polar surface area (TPSA) is 83.7 Å². The van der Waals surface area contributed by atoms with E-state index >= 15 is 0 Å². The highest BCUT2D eigenvalue weighted by atomic mass is 35.5. The van der Waals surface area contributed by atoms with Crippen LogP contribution in [0.2, 0.25) is 5.02 Å². The summed E-state index contributed by atoms with van der Waals surface area (Å²) in [6.45, 7) is 3.48. The van der Waals surface area contributed by atoms with Gasteiger partial charge in [0.2, 0.25) is 0 Å². The average molecular weight is 442 g/mol. The molecular weight excluding hydrogens is 414 g/mol. The van der Waals surface area contributed by atoms with E-state index in [9.17, 15) is 5.11 Å². The van der Waals surface area contributed by atoms with Gasteiger partial charge in [-0.2, -0.15) is 5.10 Å². The van der Waals surface area contributed by atoms with Crippen molar-refractivity contribution in [3.8, 4) is 5.75 Å². The first-order valence-electron chi connectivity index (χ1n) is 10.2. The molecule has 0 aliphatic heterocycles. The number of halogens is 1. The molecule has 3 aromatic rings. The van der Waals surface area contributed by atoms with Gasteiger partial charge in [-0.3, -0.25) is 9.67 Å². The van der Waals surface area contributed by atoms with E-state index in [0.29, 0.717) is 29.8 Å². The Morgan fingerprint density at radius 1 is 1.16 bits per heavy atom. The summed E-state index contributed by atoms with van der Waals surface area (Å²) in [5.41, 5.74) is 1.84. The molecule has 0 aliphatic rings. The highest BCUT2D eigenvalue weighted by molar-refractivity contribution is 6.30. The molecule has 2 unspecified atom stereocenters. The molecule has 0 spiro atoms. The number of nitrogens with one attached hydrogen (secondary N) is 2. The molecule has 0 saturated carbocycles. The van der Waals surface area contributed by atoms with E-state index in [1.807, 2.05) is 72.4 Å². The number of hydrogen-bond acceptors (Lipinski definition) is 4. The minimum atomic E-state index is -0.733. The van der Waals surface area contributed by atoms with Gasteiger partial charge in [-0.25, -0.2) is 0 Å². The molecule has 3 rings (SSSR count). The van der Waals surface area contributed by atoms with Gasteiger partial charge in [0.1, 0.15) is 5.75 Å². The van der Waals surface area contributed by atoms with E-state index in [2.05, 4.69) is 20.7 Å². The number of aromatic nitrogens is 2. The van der Waals surface area contributed by atoms with Crippen molar-refractivity contribution in [3.63, 3.8) is 0 Å². The number of aliphatic hydroxyl groups excluding tert-OH is 1. The van der Waals surface area contributed by atoms with Gasteiger partial charge >= 0.3 is 0 Å². The number of aliphatic hydroxyl groups is 1. The smallest absolute Gasteiger partial charge is 0.191 e. The number of nitrogens with zero attached hydrogens (tertiary/aromatic N) is 3. The standard InChI is InChI=1S/C23H28ClN5O2/c1-3-25-23(27-16-22(30)18-6-4-7-20(14-18)31-2)26-15-21(29-13-5-12-28-29)17-8-10-19(24)11-9-17/h4-14,21-22,30H,3,15-16H2,1-2H3,(H2,25,26,27). The van der Waals surface area contributed by atoms with E-state index in [1.54, 1.807) is 13.3 Å². The van der Waals surface area contributed by atoms with Gasteiger partial charge < -0.3 is 20.5 Å². The van der Waals surface area contributed by atoms with Crippen LogP contribution in [0.15, 0.2) is 72.0 Å². The van der Waals surface area contributed by atoms with Crippen molar-refractivity contribution in [2.75, 3.05) is 26.7 Å². The Bertz CT molecular complexity index is 960. The summed E-state index contributed by atoms with van der Waals surface area (Å²) in [6.07, 6.45) is 2.95. The van der Waals surface area contributed by atoms with E-state index in [-0.39, 0.29) is 12.6 Å². The molecule has 0 saturated heterocycles. The third-order valence-corrected chi connectivity index (χ3v) is 5.06. The number of methoxy groups -OCH3 is 1. The van der Waals surface area contributed by atoms with Gasteiger partial charge in [0, 0.05) is 30.5 Å². The Morgan fingerprint density at radius 3 is 2.65 bits per heavy atom. The van der Waals surface area contributed by atoms with Crippen LogP contribution in [-0.2, 0) is 0 Å². The Morgan fingerprint density at radius 2 is 1.97 bits per heavy atom. The van der Waals surface area contributed by atoms with Crippen molar-refractivity contribution in [3.05, 3.63) is 83.1 Å². The van der Waals surface area contributed by atoms with Gasteiger partial charge in [0.05, 0.1) is 25.8 Å². The monoisotopic (exact) mass is 441 g/mol. The van der Waals surface area contributed by atoms with Crippen LogP contribution in [0, 0.1) is 0 Å². The lowest BCUT2D eigenvalue weighted by Crippen LogP contribution is -2.40. The van der Waals surface area contributed by atoms with Crippen molar-refractivity contribution >= 4 is 17.6 Å². The Hall–Kier alpha value is -3.03. The van der Waals surface area contributed by atoms with E-state index in [0.717, 1.165) is 11.1 Å². The highest BCUT2D eigenvalue weighted by Crippen LogP contribution is 2.20. The number of hydrogen-bond donors (Lipinski definition) is 3. The van der Waals surface area contributed by atoms with Crippen LogP contribution in [-0.4, -0.2) is 47.6 Å². The molecule has 2 aromatic carbocycles. The van der Waals surface area contributed by atoms with E-state index < -0.39 is 6.10 Å². The normalized spacial score (nSPS) is 13.5. The van der Waals surface area contributed by atoms with Crippen LogP contribution in [0.25, 0.3) is 0 Å². The zero-order valence-electron chi connectivity index (χ0n) is 17.7. The molecule has 0 aliphatic carbocycles. The summed E-state index contributed by atoms with van der Waals surface area (Å²) in [6, 6.07) is 17.0. The summed E-state index contributed by atoms with van der Waals surface area (Å²) in [5.74, 6) is 1.33. The number of benzene rings is 2. The Kier molecular flexibility index (Phi) is 8.32. The fourth-order valence-corrected chi connectivity index (χ4v) is 3.31. The van der Waals surface area contributed by atoms with Crippen LogP contribution in [0.4, 0.5) is 0 Å². The molecule has 164 valence electrons. The van der Waals surface area contributed by atoms with E-state index in [1.165, 1.54) is 0 Å². The number of rotatable bonds is 9. The molecule has 2 atom stereocenters. The lowest BCUT2D eigenvalue weighted by atomic mass is 10.1. The van der Waals surface area contributed by atoms with Gasteiger partial charge in [0.25, 0.3) is 0 Å². The molecule has 0 radical (unpaired) electrons. The molecular formula is C23H28ClN5O2. The SMILES string of the molecule is CCNC(=NCC(O)c1cccc(OC)c1)NCC(c1ccc(Cl)cc1)n1cccn1. The minimum Gasteiger partial charge on any atom is -0.497 e. The third-order valence-electron chi connectivity index (χ3n) is 4.81. The second-order valence-electron chi connectivity index (χ2n) is 6.95. The first kappa shape index (κ1) is 22.7. The largest absolute Gasteiger partial charge is 0.497 e. The zero-order valence-corrected chi connectivity index (χ0v) is 18.5. The fourth-order valence-electron chi connectivity index (χ4n) is 3.18. The van der Waals surface area contributed by atoms with Crippen molar-refractivity contribution in [2.24, 2.45) is 4.99 Å². The van der Waals surface area contributed by atoms with Crippen LogP contribution >= 0.6 is 11.6 Å². The molecule has 0 fully saturated rings. The average Bonchev–Trinajstić information content (AvgIpc) is 3.33. The second-order valence-corrected chi connectivity index (χ2v) is 7.38. The number of ether oxygens (including phenoxy) is 1. The summed E-state index contributed by atoms with van der Waals surface area (Å²) < 4.78 is 7.12. The minimum absolute atomic E-state index is 0.0422. The fraction of sp³-hybridized carbons (Fsp3) is 0.304. The van der Waals surface area contributed by atoms with Crippen molar-refractivity contribution in [2.45, 2.75) is 19.1 Å². The molecule has 31 heavy (non-hydrogen) atoms. The third kappa shape index (κ3) is 6.47. The molecule has 8 heteroatoms. The van der Waals surface area contributed by atoms with Gasteiger partial charge in [-0.05, 0) is 48.4 Å². The molecule has 1 aromatic heterocycles. The zero-order chi connectivity index (χ0) is 22.1. The van der Waals surface area contributed by atoms with Gasteiger partial charge in [-0.1, -0.05) is 35.9 Å². The summed E-state index contributed by atoms with van der Waals surface area (Å²) >= 11 is 6.05. The first-order chi connectivity index (χ1) is 15.1. The maximum absolute atomic E-state index is 10.5. The number of guanidine groups is 1. The molecule has 0 bridgehead atoms. The predicted octanol–water partition coefficient (Wildman–Crippen LogP) is 3.42. The summed E-state index contributed by atoms with van der Waals surface area (Å²) in [7, 11) is 1.60. The molecule has 0 amide bonds. The molecule has 7 nitrogen and oxygen atoms in total. The maximum Gasteiger partial charge on any atom is 0.191 e. The van der Waals surface area contributed by atoms with Gasteiger partial charge in [0.15, 0.2) is 5.96 Å². The molecule has 3 N–H and O–H groups in total. The van der Waals surface area contributed by atoms with Crippen LogP contribution in [0.3, 0.4) is 0 Å². The maximum atomic E-state index is 10.5. The van der Waals surface area contributed by atoms with Crippen LogP contribution in [0.5, 0.6) is 5.75 Å². The molecule has 1 heterocycles. The van der Waals surface area contributed by atoms with Crippen molar-refractivity contribution < 1.29 is 9.84 Å². The Balaban J connectivity index is 1.70. The van der Waals surface area contributed by atoms with Crippen molar-refractivity contribution in [1.29, 1.82) is 0 Å². The Labute approximate surface area is 187 Å². The summed E-state index contributed by atoms with van der Waals surface area (Å²) in [4.78, 5) is 4.56. The van der Waals surface area contributed by atoms with Gasteiger partial charge in [-0.15, -0.1) is 0 Å². The van der Waals surface area contributed by atoms with Crippen LogP contribution < -0.4 is 15.4 Å². The number of aliphatic imine (C=N–C) groups is 1. The first-order valence-corrected chi connectivity index (χ1v) is 10.6. The summed E-state index contributed by atoms with van der Waals surface area (Å²) in [5, 5.41) is 22.2. The highest BCUT2D eigenvalue weighted by Gasteiger charge is 2.15. The quantitative estimate of drug-likeness (QED) is 0.350. The second kappa shape index (κ2) is 11.4. The van der Waals surface area contributed by atoms with Crippen LogP contribution in [0.1, 0.15) is 30.2 Å². The van der Waals surface area contributed by atoms with Crippen molar-refractivity contribution in [1.82, 2.24) is 20.4 Å².